The van der Waals surface area contributed by atoms with Crippen LogP contribution in [0.5, 0.6) is 0 Å². The van der Waals surface area contributed by atoms with Crippen molar-refractivity contribution >= 4 is 17.9 Å². The van der Waals surface area contributed by atoms with E-state index in [4.69, 9.17) is 4.42 Å². The van der Waals surface area contributed by atoms with Gasteiger partial charge in [0.1, 0.15) is 11.5 Å². The Labute approximate surface area is 183 Å². The number of furan rings is 1. The highest BCUT2D eigenvalue weighted by Gasteiger charge is 2.21. The minimum absolute atomic E-state index is 0.132. The van der Waals surface area contributed by atoms with Crippen molar-refractivity contribution in [2.24, 2.45) is 5.92 Å². The Hall–Kier alpha value is -3.60. The maximum atomic E-state index is 13.3. The third kappa shape index (κ3) is 6.19. The fraction of sp³-hybridized carbons (Fsp3) is 0.231. The number of hydrogen-bond donors (Lipinski definition) is 2. The summed E-state index contributed by atoms with van der Waals surface area (Å²) in [5, 5.41) is 5.86. The molecule has 5 heteroatoms. The molecule has 2 amide bonds. The van der Waals surface area contributed by atoms with Gasteiger partial charge in [-0.2, -0.15) is 0 Å². The Balaban J connectivity index is 1.87. The van der Waals surface area contributed by atoms with Crippen LogP contribution in [0, 0.1) is 12.8 Å². The van der Waals surface area contributed by atoms with Gasteiger partial charge in [-0.05, 0) is 48.6 Å². The first-order chi connectivity index (χ1) is 14.9. The number of amides is 2. The average molecular weight is 417 g/mol. The fourth-order valence-corrected chi connectivity index (χ4v) is 3.36. The molecule has 0 aliphatic heterocycles. The van der Waals surface area contributed by atoms with E-state index in [1.54, 1.807) is 30.3 Å². The molecule has 1 unspecified atom stereocenters. The number of rotatable bonds is 8. The summed E-state index contributed by atoms with van der Waals surface area (Å²) < 4.78 is 5.37. The summed E-state index contributed by atoms with van der Waals surface area (Å²) in [5.41, 5.74) is 2.50. The molecular formula is C26H28N2O3. The molecule has 0 fully saturated rings. The van der Waals surface area contributed by atoms with E-state index in [2.05, 4.69) is 24.5 Å². The zero-order valence-corrected chi connectivity index (χ0v) is 18.1. The van der Waals surface area contributed by atoms with Gasteiger partial charge in [0.25, 0.3) is 11.8 Å². The van der Waals surface area contributed by atoms with E-state index in [1.807, 2.05) is 49.4 Å². The molecule has 0 saturated heterocycles. The van der Waals surface area contributed by atoms with Gasteiger partial charge in [-0.3, -0.25) is 9.59 Å². The van der Waals surface area contributed by atoms with Crippen molar-refractivity contribution in [2.75, 3.05) is 0 Å². The molecule has 1 heterocycles. The molecule has 160 valence electrons. The standard InChI is InChI=1S/C26H28N2O3/c1-18(2)16-23(20-11-5-4-6-12-20)27-26(30)24(17-21-13-9-15-31-21)28-25(29)22-14-8-7-10-19(22)3/h4-15,17-18,23H,16H2,1-3H3,(H,27,30)(H,28,29)/b24-17-. The van der Waals surface area contributed by atoms with Crippen molar-refractivity contribution in [1.29, 1.82) is 0 Å². The van der Waals surface area contributed by atoms with Crippen molar-refractivity contribution in [3.63, 3.8) is 0 Å². The highest BCUT2D eigenvalue weighted by Crippen LogP contribution is 2.22. The minimum atomic E-state index is -0.368. The largest absolute Gasteiger partial charge is 0.465 e. The Morgan fingerprint density at radius 2 is 1.68 bits per heavy atom. The lowest BCUT2D eigenvalue weighted by molar-refractivity contribution is -0.118. The lowest BCUT2D eigenvalue weighted by Gasteiger charge is -2.22. The molecule has 5 nitrogen and oxygen atoms in total. The van der Waals surface area contributed by atoms with E-state index in [0.29, 0.717) is 17.2 Å². The second-order valence-electron chi connectivity index (χ2n) is 7.91. The maximum Gasteiger partial charge on any atom is 0.268 e. The summed E-state index contributed by atoms with van der Waals surface area (Å²) in [6, 6.07) is 20.4. The first-order valence-corrected chi connectivity index (χ1v) is 10.4. The molecular weight excluding hydrogens is 388 g/mol. The van der Waals surface area contributed by atoms with E-state index in [1.165, 1.54) is 6.26 Å². The highest BCUT2D eigenvalue weighted by molar-refractivity contribution is 6.05. The van der Waals surface area contributed by atoms with Crippen LogP contribution < -0.4 is 10.6 Å². The van der Waals surface area contributed by atoms with E-state index in [0.717, 1.165) is 17.5 Å². The van der Waals surface area contributed by atoms with E-state index in [9.17, 15) is 9.59 Å². The molecule has 0 aliphatic rings. The van der Waals surface area contributed by atoms with Crippen molar-refractivity contribution < 1.29 is 14.0 Å². The summed E-state index contributed by atoms with van der Waals surface area (Å²) in [7, 11) is 0. The third-order valence-corrected chi connectivity index (χ3v) is 4.93. The van der Waals surface area contributed by atoms with Crippen LogP contribution in [0.25, 0.3) is 6.08 Å². The van der Waals surface area contributed by atoms with Gasteiger partial charge in [0.05, 0.1) is 12.3 Å². The molecule has 3 aromatic rings. The van der Waals surface area contributed by atoms with E-state index in [-0.39, 0.29) is 23.6 Å². The summed E-state index contributed by atoms with van der Waals surface area (Å²) in [5.74, 6) is 0.152. The van der Waals surface area contributed by atoms with Crippen LogP contribution in [0.3, 0.4) is 0 Å². The summed E-state index contributed by atoms with van der Waals surface area (Å²) in [6.07, 6.45) is 3.84. The molecule has 1 atom stereocenters. The molecule has 0 aliphatic carbocycles. The zero-order chi connectivity index (χ0) is 22.2. The predicted octanol–water partition coefficient (Wildman–Crippen LogP) is 5.26. The SMILES string of the molecule is Cc1ccccc1C(=O)N/C(=C\c1ccco1)C(=O)NC(CC(C)C)c1ccccc1. The van der Waals surface area contributed by atoms with Gasteiger partial charge in [0.2, 0.25) is 0 Å². The first-order valence-electron chi connectivity index (χ1n) is 10.4. The van der Waals surface area contributed by atoms with Crippen LogP contribution in [0.15, 0.2) is 83.1 Å². The van der Waals surface area contributed by atoms with Gasteiger partial charge in [-0.15, -0.1) is 0 Å². The van der Waals surface area contributed by atoms with Gasteiger partial charge < -0.3 is 15.1 Å². The van der Waals surface area contributed by atoms with Crippen LogP contribution in [0.2, 0.25) is 0 Å². The lowest BCUT2D eigenvalue weighted by Crippen LogP contribution is -2.37. The molecule has 0 saturated carbocycles. The molecule has 2 N–H and O–H groups in total. The monoisotopic (exact) mass is 416 g/mol. The van der Waals surface area contributed by atoms with Crippen molar-refractivity contribution in [3.05, 3.63) is 101 Å². The topological polar surface area (TPSA) is 71.3 Å². The number of carbonyl (C=O) groups excluding carboxylic acids is 2. The molecule has 0 radical (unpaired) electrons. The van der Waals surface area contributed by atoms with E-state index < -0.39 is 0 Å². The number of carbonyl (C=O) groups is 2. The zero-order valence-electron chi connectivity index (χ0n) is 18.1. The Morgan fingerprint density at radius 3 is 2.32 bits per heavy atom. The van der Waals surface area contributed by atoms with Crippen LogP contribution in [0.4, 0.5) is 0 Å². The molecule has 0 bridgehead atoms. The number of aryl methyl sites for hydroxylation is 1. The number of nitrogens with one attached hydrogen (secondary N) is 2. The Kier molecular flexibility index (Phi) is 7.44. The van der Waals surface area contributed by atoms with Gasteiger partial charge in [0.15, 0.2) is 0 Å². The smallest absolute Gasteiger partial charge is 0.268 e. The Morgan fingerprint density at radius 1 is 0.968 bits per heavy atom. The second kappa shape index (κ2) is 10.4. The van der Waals surface area contributed by atoms with Crippen molar-refractivity contribution in [1.82, 2.24) is 10.6 Å². The quantitative estimate of drug-likeness (QED) is 0.492. The summed E-state index contributed by atoms with van der Waals surface area (Å²) >= 11 is 0. The van der Waals surface area contributed by atoms with Gasteiger partial charge in [-0.1, -0.05) is 62.4 Å². The van der Waals surface area contributed by atoms with Crippen LogP contribution in [-0.4, -0.2) is 11.8 Å². The molecule has 31 heavy (non-hydrogen) atoms. The van der Waals surface area contributed by atoms with Crippen LogP contribution in [0.1, 0.15) is 53.6 Å². The third-order valence-electron chi connectivity index (χ3n) is 4.93. The molecule has 1 aromatic heterocycles. The lowest BCUT2D eigenvalue weighted by atomic mass is 9.97. The molecule has 3 rings (SSSR count). The van der Waals surface area contributed by atoms with E-state index >= 15 is 0 Å². The second-order valence-corrected chi connectivity index (χ2v) is 7.91. The van der Waals surface area contributed by atoms with Gasteiger partial charge in [0, 0.05) is 11.6 Å². The fourth-order valence-electron chi connectivity index (χ4n) is 3.36. The van der Waals surface area contributed by atoms with Gasteiger partial charge >= 0.3 is 0 Å². The number of hydrogen-bond acceptors (Lipinski definition) is 3. The normalized spacial score (nSPS) is 12.5. The van der Waals surface area contributed by atoms with Crippen LogP contribution in [-0.2, 0) is 4.79 Å². The first kappa shape index (κ1) is 22.1. The molecule has 2 aromatic carbocycles. The van der Waals surface area contributed by atoms with Gasteiger partial charge in [-0.25, -0.2) is 0 Å². The summed E-state index contributed by atoms with van der Waals surface area (Å²) in [6.45, 7) is 6.09. The Bertz CT molecular complexity index is 1040. The van der Waals surface area contributed by atoms with Crippen molar-refractivity contribution in [3.8, 4) is 0 Å². The minimum Gasteiger partial charge on any atom is -0.465 e. The maximum absolute atomic E-state index is 13.3. The summed E-state index contributed by atoms with van der Waals surface area (Å²) in [4.78, 5) is 26.1. The number of benzene rings is 2. The van der Waals surface area contributed by atoms with Crippen molar-refractivity contribution in [2.45, 2.75) is 33.2 Å². The van der Waals surface area contributed by atoms with Crippen LogP contribution >= 0.6 is 0 Å². The average Bonchev–Trinajstić information content (AvgIpc) is 3.26. The highest BCUT2D eigenvalue weighted by atomic mass is 16.3. The molecule has 0 spiro atoms. The predicted molar refractivity (Wildman–Crippen MR) is 122 cm³/mol.